The molecule has 17 heavy (non-hydrogen) atoms. The van der Waals surface area contributed by atoms with Crippen LogP contribution in [0.1, 0.15) is 31.4 Å². The minimum absolute atomic E-state index is 0.0266. The molecule has 1 saturated carbocycles. The maximum absolute atomic E-state index is 13.6. The third-order valence-electron chi connectivity index (χ3n) is 3.42. The highest BCUT2D eigenvalue weighted by molar-refractivity contribution is 8.00. The molecule has 1 aromatic carbocycles. The van der Waals surface area contributed by atoms with Crippen molar-refractivity contribution < 1.29 is 9.50 Å². The Morgan fingerprint density at radius 1 is 1.53 bits per heavy atom. The first-order chi connectivity index (χ1) is 8.06. The van der Waals surface area contributed by atoms with Gasteiger partial charge >= 0.3 is 0 Å². The number of rotatable bonds is 5. The Hall–Kier alpha value is -0.740. The second kappa shape index (κ2) is 4.86. The molecule has 1 aromatic rings. The molecule has 2 nitrogen and oxygen atoms in total. The first-order valence-corrected chi connectivity index (χ1v) is 7.06. The van der Waals surface area contributed by atoms with E-state index in [1.165, 1.54) is 18.9 Å². The summed E-state index contributed by atoms with van der Waals surface area (Å²) in [6.45, 7) is 2.86. The van der Waals surface area contributed by atoms with E-state index in [-0.39, 0.29) is 17.6 Å². The third kappa shape index (κ3) is 2.93. The highest BCUT2D eigenvalue weighted by atomic mass is 32.2. The van der Waals surface area contributed by atoms with Crippen LogP contribution in [0.4, 0.5) is 4.39 Å². The van der Waals surface area contributed by atoms with Crippen LogP contribution in [0.3, 0.4) is 0 Å². The van der Waals surface area contributed by atoms with Crippen molar-refractivity contribution in [3.05, 3.63) is 29.6 Å². The molecule has 0 bridgehead atoms. The summed E-state index contributed by atoms with van der Waals surface area (Å²) in [5.41, 5.74) is 0.611. The van der Waals surface area contributed by atoms with E-state index in [1.54, 1.807) is 6.07 Å². The average Bonchev–Trinajstić information content (AvgIpc) is 3.07. The summed E-state index contributed by atoms with van der Waals surface area (Å²) < 4.78 is 14.0. The van der Waals surface area contributed by atoms with Gasteiger partial charge in [0.05, 0.1) is 0 Å². The number of hydrogen-bond donors (Lipinski definition) is 2. The highest BCUT2D eigenvalue weighted by Crippen LogP contribution is 2.46. The number of phenols is 1. The predicted molar refractivity (Wildman–Crippen MR) is 70.0 cm³/mol. The second-order valence-electron chi connectivity index (χ2n) is 4.70. The molecule has 2 rings (SSSR count). The van der Waals surface area contributed by atoms with Crippen molar-refractivity contribution in [1.29, 1.82) is 0 Å². The van der Waals surface area contributed by atoms with Crippen molar-refractivity contribution in [3.63, 3.8) is 0 Å². The number of halogens is 1. The number of nitrogens with one attached hydrogen (secondary N) is 1. The molecule has 0 spiro atoms. The SMILES string of the molecule is CSC1(CNC(C)c2ccc(O)cc2F)CC1. The number of benzene rings is 1. The molecule has 0 aliphatic heterocycles. The van der Waals surface area contributed by atoms with Gasteiger partial charge in [0, 0.05) is 29.0 Å². The summed E-state index contributed by atoms with van der Waals surface area (Å²) in [5.74, 6) is -0.375. The van der Waals surface area contributed by atoms with E-state index in [9.17, 15) is 4.39 Å². The molecule has 2 N–H and O–H groups in total. The number of aromatic hydroxyl groups is 1. The average molecular weight is 255 g/mol. The van der Waals surface area contributed by atoms with Crippen LogP contribution in [0.15, 0.2) is 18.2 Å². The maximum atomic E-state index is 13.6. The lowest BCUT2D eigenvalue weighted by Crippen LogP contribution is -2.28. The van der Waals surface area contributed by atoms with Gasteiger partial charge in [-0.15, -0.1) is 0 Å². The molecule has 0 aromatic heterocycles. The third-order valence-corrected chi connectivity index (χ3v) is 4.84. The quantitative estimate of drug-likeness (QED) is 0.848. The van der Waals surface area contributed by atoms with Crippen molar-refractivity contribution >= 4 is 11.8 Å². The maximum Gasteiger partial charge on any atom is 0.131 e. The fraction of sp³-hybridized carbons (Fsp3) is 0.538. The smallest absolute Gasteiger partial charge is 0.131 e. The molecule has 1 atom stereocenters. The first kappa shape index (κ1) is 12.7. The van der Waals surface area contributed by atoms with Gasteiger partial charge in [-0.2, -0.15) is 11.8 Å². The van der Waals surface area contributed by atoms with Crippen LogP contribution < -0.4 is 5.32 Å². The van der Waals surface area contributed by atoms with Gasteiger partial charge in [-0.1, -0.05) is 6.07 Å². The molecule has 1 aliphatic carbocycles. The van der Waals surface area contributed by atoms with Gasteiger partial charge in [0.25, 0.3) is 0 Å². The Kier molecular flexibility index (Phi) is 3.64. The fourth-order valence-corrected chi connectivity index (χ4v) is 2.65. The summed E-state index contributed by atoms with van der Waals surface area (Å²) in [6.07, 6.45) is 4.61. The lowest BCUT2D eigenvalue weighted by molar-refractivity contribution is 0.463. The molecular formula is C13H18FNOS. The molecule has 1 unspecified atom stereocenters. The van der Waals surface area contributed by atoms with Crippen molar-refractivity contribution in [1.82, 2.24) is 5.32 Å². The van der Waals surface area contributed by atoms with E-state index in [0.29, 0.717) is 10.3 Å². The zero-order valence-corrected chi connectivity index (χ0v) is 11.0. The van der Waals surface area contributed by atoms with Crippen LogP contribution >= 0.6 is 11.8 Å². The lowest BCUT2D eigenvalue weighted by atomic mass is 10.1. The molecule has 0 heterocycles. The molecule has 0 saturated heterocycles. The van der Waals surface area contributed by atoms with Crippen LogP contribution in [0.2, 0.25) is 0 Å². The molecule has 1 aliphatic rings. The fourth-order valence-electron chi connectivity index (χ4n) is 1.91. The normalized spacial score (nSPS) is 19.0. The number of phenolic OH excluding ortho intramolecular Hbond substituents is 1. The Balaban J connectivity index is 1.97. The van der Waals surface area contributed by atoms with E-state index >= 15 is 0 Å². The molecule has 4 heteroatoms. The van der Waals surface area contributed by atoms with Gasteiger partial charge < -0.3 is 10.4 Å². The molecular weight excluding hydrogens is 237 g/mol. The zero-order valence-electron chi connectivity index (χ0n) is 10.2. The van der Waals surface area contributed by atoms with E-state index in [1.807, 2.05) is 18.7 Å². The second-order valence-corrected chi connectivity index (χ2v) is 5.97. The standard InChI is InChI=1S/C13H18FNOS/c1-9(15-8-13(17-2)5-6-13)11-4-3-10(16)7-12(11)14/h3-4,7,9,15-16H,5-6,8H2,1-2H3. The monoisotopic (exact) mass is 255 g/mol. The Morgan fingerprint density at radius 2 is 2.24 bits per heavy atom. The van der Waals surface area contributed by atoms with Crippen LogP contribution in [0, 0.1) is 5.82 Å². The van der Waals surface area contributed by atoms with Crippen LogP contribution in [-0.2, 0) is 0 Å². The largest absolute Gasteiger partial charge is 0.508 e. The molecule has 94 valence electrons. The van der Waals surface area contributed by atoms with E-state index in [2.05, 4.69) is 11.6 Å². The first-order valence-electron chi connectivity index (χ1n) is 5.83. The Bertz CT molecular complexity index is 406. The van der Waals surface area contributed by atoms with Crippen molar-refractivity contribution in [3.8, 4) is 5.75 Å². The topological polar surface area (TPSA) is 32.3 Å². The van der Waals surface area contributed by atoms with Crippen LogP contribution in [0.5, 0.6) is 5.75 Å². The van der Waals surface area contributed by atoms with Crippen molar-refractivity contribution in [2.24, 2.45) is 0 Å². The predicted octanol–water partition coefficient (Wildman–Crippen LogP) is 3.08. The number of hydrogen-bond acceptors (Lipinski definition) is 3. The summed E-state index contributed by atoms with van der Waals surface area (Å²) in [4.78, 5) is 0. The van der Waals surface area contributed by atoms with E-state index < -0.39 is 0 Å². The number of thioether (sulfide) groups is 1. The van der Waals surface area contributed by atoms with Crippen molar-refractivity contribution in [2.45, 2.75) is 30.6 Å². The molecule has 0 radical (unpaired) electrons. The van der Waals surface area contributed by atoms with E-state index in [4.69, 9.17) is 5.11 Å². The Labute approximate surface area is 106 Å². The van der Waals surface area contributed by atoms with Gasteiger partial charge in [-0.3, -0.25) is 0 Å². The zero-order chi connectivity index (χ0) is 12.5. The minimum Gasteiger partial charge on any atom is -0.508 e. The summed E-state index contributed by atoms with van der Waals surface area (Å²) in [6, 6.07) is 4.30. The van der Waals surface area contributed by atoms with Crippen LogP contribution in [-0.4, -0.2) is 22.7 Å². The summed E-state index contributed by atoms with van der Waals surface area (Å²) >= 11 is 1.89. The molecule has 1 fully saturated rings. The highest BCUT2D eigenvalue weighted by Gasteiger charge is 2.41. The lowest BCUT2D eigenvalue weighted by Gasteiger charge is -2.19. The van der Waals surface area contributed by atoms with Crippen LogP contribution in [0.25, 0.3) is 0 Å². The van der Waals surface area contributed by atoms with Gasteiger partial charge in [0.15, 0.2) is 0 Å². The minimum atomic E-state index is -0.348. The summed E-state index contributed by atoms with van der Waals surface area (Å²) in [7, 11) is 0. The Morgan fingerprint density at radius 3 is 2.76 bits per heavy atom. The molecule has 0 amide bonds. The van der Waals surface area contributed by atoms with Gasteiger partial charge in [-0.05, 0) is 32.1 Å². The van der Waals surface area contributed by atoms with Crippen molar-refractivity contribution in [2.75, 3.05) is 12.8 Å². The van der Waals surface area contributed by atoms with Gasteiger partial charge in [0.1, 0.15) is 11.6 Å². The summed E-state index contributed by atoms with van der Waals surface area (Å²) in [5, 5.41) is 12.5. The van der Waals surface area contributed by atoms with Gasteiger partial charge in [-0.25, -0.2) is 4.39 Å². The van der Waals surface area contributed by atoms with Gasteiger partial charge in [0.2, 0.25) is 0 Å². The van der Waals surface area contributed by atoms with E-state index in [0.717, 1.165) is 12.6 Å².